The van der Waals surface area contributed by atoms with E-state index < -0.39 is 23.4 Å². The smallest absolute Gasteiger partial charge is 0.416 e. The average molecular weight is 537 g/mol. The summed E-state index contributed by atoms with van der Waals surface area (Å²) in [5.41, 5.74) is 0.389. The Morgan fingerprint density at radius 3 is 2.44 bits per heavy atom. The van der Waals surface area contributed by atoms with Crippen molar-refractivity contribution in [1.82, 2.24) is 15.3 Å². The Labute approximate surface area is 220 Å². The number of hydrogen-bond donors (Lipinski definition) is 1. The van der Waals surface area contributed by atoms with Crippen LogP contribution in [0.3, 0.4) is 0 Å². The molecule has 0 saturated carbocycles. The van der Waals surface area contributed by atoms with Gasteiger partial charge in [-0.1, -0.05) is 0 Å². The van der Waals surface area contributed by atoms with Crippen molar-refractivity contribution in [3.05, 3.63) is 39.9 Å². The van der Waals surface area contributed by atoms with Gasteiger partial charge in [0.15, 0.2) is 5.82 Å². The number of aromatic nitrogens is 2. The van der Waals surface area contributed by atoms with Crippen molar-refractivity contribution in [2.75, 3.05) is 11.4 Å². The lowest BCUT2D eigenvalue weighted by atomic mass is 10.1. The molecule has 0 fully saturated rings. The van der Waals surface area contributed by atoms with Crippen molar-refractivity contribution in [3.8, 4) is 0 Å². The summed E-state index contributed by atoms with van der Waals surface area (Å²) >= 11 is 7.80. The molecular formula is C25H33ClN4O5S. The molecule has 3 aromatic heterocycles. The fourth-order valence-electron chi connectivity index (χ4n) is 3.37. The summed E-state index contributed by atoms with van der Waals surface area (Å²) in [5, 5.41) is 2.81. The third-order valence-corrected chi connectivity index (χ3v) is 6.34. The summed E-state index contributed by atoms with van der Waals surface area (Å²) in [7, 11) is 0. The second-order valence-corrected chi connectivity index (χ2v) is 11.8. The number of hydrogen-bond acceptors (Lipinski definition) is 8. The number of alkyl carbamates (subject to hydrolysis) is 1. The van der Waals surface area contributed by atoms with Crippen molar-refractivity contribution in [3.63, 3.8) is 0 Å². The number of furan rings is 1. The molecule has 196 valence electrons. The number of carbonyl (C=O) groups is 2. The van der Waals surface area contributed by atoms with Crippen LogP contribution in [0.4, 0.5) is 15.4 Å². The van der Waals surface area contributed by atoms with Crippen LogP contribution in [0.5, 0.6) is 0 Å². The van der Waals surface area contributed by atoms with E-state index in [2.05, 4.69) is 15.3 Å². The number of thiophene rings is 1. The zero-order valence-electron chi connectivity index (χ0n) is 21.7. The van der Waals surface area contributed by atoms with Gasteiger partial charge < -0.3 is 19.2 Å². The number of anilines is 1. The molecule has 1 N–H and O–H groups in total. The first-order valence-corrected chi connectivity index (χ1v) is 12.9. The molecule has 36 heavy (non-hydrogen) atoms. The highest BCUT2D eigenvalue weighted by atomic mass is 35.5. The summed E-state index contributed by atoms with van der Waals surface area (Å²) in [6.45, 7) is 13.4. The number of fused-ring (bicyclic) bond motifs is 1. The van der Waals surface area contributed by atoms with E-state index in [4.69, 9.17) is 25.5 Å². The highest BCUT2D eigenvalue weighted by Gasteiger charge is 2.29. The maximum atomic E-state index is 13.2. The highest BCUT2D eigenvalue weighted by molar-refractivity contribution is 7.19. The van der Waals surface area contributed by atoms with Gasteiger partial charge in [-0.3, -0.25) is 4.90 Å². The van der Waals surface area contributed by atoms with Crippen LogP contribution in [0.1, 0.15) is 64.2 Å². The van der Waals surface area contributed by atoms with E-state index in [9.17, 15) is 9.59 Å². The quantitative estimate of drug-likeness (QED) is 0.266. The van der Waals surface area contributed by atoms with Crippen LogP contribution >= 0.6 is 22.9 Å². The number of nitrogens with zero attached hydrogens (tertiary/aromatic N) is 3. The van der Waals surface area contributed by atoms with Gasteiger partial charge in [0.05, 0.1) is 23.0 Å². The van der Waals surface area contributed by atoms with Gasteiger partial charge in [-0.2, -0.15) is 4.98 Å². The number of halogens is 1. The van der Waals surface area contributed by atoms with Crippen molar-refractivity contribution < 1.29 is 23.5 Å². The number of ether oxygens (including phenoxy) is 2. The average Bonchev–Trinajstić information content (AvgIpc) is 3.35. The van der Waals surface area contributed by atoms with Crippen LogP contribution in [0.15, 0.2) is 22.8 Å². The second kappa shape index (κ2) is 11.0. The van der Waals surface area contributed by atoms with Gasteiger partial charge in [0.25, 0.3) is 0 Å². The lowest BCUT2D eigenvalue weighted by molar-refractivity contribution is 0.0525. The first kappa shape index (κ1) is 27.7. The topological polar surface area (TPSA) is 107 Å². The van der Waals surface area contributed by atoms with Crippen molar-refractivity contribution in [2.24, 2.45) is 0 Å². The molecule has 9 nitrogen and oxygen atoms in total. The molecule has 0 aliphatic heterocycles. The Morgan fingerprint density at radius 1 is 1.14 bits per heavy atom. The molecule has 0 aliphatic carbocycles. The predicted octanol–water partition coefficient (Wildman–Crippen LogP) is 6.65. The van der Waals surface area contributed by atoms with Gasteiger partial charge in [-0.05, 0) is 90.6 Å². The molecule has 3 heterocycles. The van der Waals surface area contributed by atoms with Gasteiger partial charge >= 0.3 is 12.2 Å². The number of carbonyl (C=O) groups excluding carboxylic acids is 2. The molecule has 0 bridgehead atoms. The normalized spacial score (nSPS) is 12.0. The van der Waals surface area contributed by atoms with Crippen LogP contribution in [0.25, 0.3) is 10.2 Å². The lowest BCUT2D eigenvalue weighted by Crippen LogP contribution is -2.37. The van der Waals surface area contributed by atoms with Crippen LogP contribution in [0.2, 0.25) is 5.28 Å². The van der Waals surface area contributed by atoms with Crippen molar-refractivity contribution >= 4 is 51.2 Å². The first-order chi connectivity index (χ1) is 16.7. The second-order valence-electron chi connectivity index (χ2n) is 10.3. The summed E-state index contributed by atoms with van der Waals surface area (Å²) < 4.78 is 17.2. The molecule has 3 rings (SSSR count). The Hall–Kier alpha value is -2.85. The minimum atomic E-state index is -0.702. The van der Waals surface area contributed by atoms with Crippen LogP contribution in [0, 0.1) is 6.92 Å². The molecule has 0 radical (unpaired) electrons. The Balaban J connectivity index is 1.87. The molecule has 11 heteroatoms. The fraction of sp³-hybridized carbons (Fsp3) is 0.520. The van der Waals surface area contributed by atoms with E-state index in [-0.39, 0.29) is 11.8 Å². The molecule has 0 saturated heterocycles. The number of nitrogens with one attached hydrogen (secondary N) is 1. The fourth-order valence-corrected chi connectivity index (χ4v) is 4.82. The molecule has 0 unspecified atom stereocenters. The third-order valence-electron chi connectivity index (χ3n) is 4.83. The van der Waals surface area contributed by atoms with Gasteiger partial charge in [0.1, 0.15) is 17.0 Å². The Bertz CT molecular complexity index is 1210. The third kappa shape index (κ3) is 7.57. The summed E-state index contributed by atoms with van der Waals surface area (Å²) in [4.78, 5) is 36.5. The molecular weight excluding hydrogens is 504 g/mol. The van der Waals surface area contributed by atoms with E-state index in [1.54, 1.807) is 39.2 Å². The lowest BCUT2D eigenvalue weighted by Gasteiger charge is -2.26. The molecule has 3 aromatic rings. The molecule has 2 amide bonds. The van der Waals surface area contributed by atoms with Crippen molar-refractivity contribution in [2.45, 2.75) is 79.1 Å². The SMILES string of the molecule is Cc1c(CCCNC(=O)OC(C)(C)C)sc2c(N(Cc3ccco3)C(=O)OC(C)(C)C)nc(Cl)nc12. The largest absolute Gasteiger partial charge is 0.467 e. The summed E-state index contributed by atoms with van der Waals surface area (Å²) in [5.74, 6) is 0.937. The van der Waals surface area contributed by atoms with Crippen molar-refractivity contribution in [1.29, 1.82) is 0 Å². The van der Waals surface area contributed by atoms with Gasteiger partial charge in [-0.15, -0.1) is 11.3 Å². The first-order valence-electron chi connectivity index (χ1n) is 11.7. The molecule has 0 aliphatic rings. The minimum Gasteiger partial charge on any atom is -0.467 e. The van der Waals surface area contributed by atoms with E-state index >= 15 is 0 Å². The maximum Gasteiger partial charge on any atom is 0.416 e. The zero-order valence-corrected chi connectivity index (χ0v) is 23.3. The minimum absolute atomic E-state index is 0.0320. The number of amides is 2. The van der Waals surface area contributed by atoms with Gasteiger partial charge in [0, 0.05) is 11.4 Å². The van der Waals surface area contributed by atoms with E-state index in [1.165, 1.54) is 16.2 Å². The number of aryl methyl sites for hydroxylation is 2. The highest BCUT2D eigenvalue weighted by Crippen LogP contribution is 2.38. The molecule has 0 aromatic carbocycles. The number of rotatable bonds is 7. The van der Waals surface area contributed by atoms with Crippen LogP contribution in [-0.4, -0.2) is 39.9 Å². The zero-order chi connectivity index (χ0) is 26.7. The van der Waals surface area contributed by atoms with E-state index in [0.29, 0.717) is 36.5 Å². The van der Waals surface area contributed by atoms with Gasteiger partial charge in [0.2, 0.25) is 5.28 Å². The molecule has 0 spiro atoms. The van der Waals surface area contributed by atoms with Gasteiger partial charge in [-0.25, -0.2) is 14.6 Å². The van der Waals surface area contributed by atoms with E-state index in [1.807, 2.05) is 27.7 Å². The maximum absolute atomic E-state index is 13.2. The Morgan fingerprint density at radius 2 is 1.83 bits per heavy atom. The molecule has 0 atom stereocenters. The monoisotopic (exact) mass is 536 g/mol. The van der Waals surface area contributed by atoms with Crippen LogP contribution in [-0.2, 0) is 22.4 Å². The standard InChI is InChI=1S/C25H33ClN4O5S/c1-15-17(11-8-12-27-22(31)34-24(2,3)4)36-19-18(15)28-21(26)29-20(19)30(14-16-10-9-13-33-16)23(32)35-25(5,6)7/h9-10,13H,8,11-12,14H2,1-7H3,(H,27,31). The van der Waals surface area contributed by atoms with Crippen LogP contribution < -0.4 is 10.2 Å². The summed E-state index contributed by atoms with van der Waals surface area (Å²) in [6.07, 6.45) is 1.94. The Kier molecular flexibility index (Phi) is 8.51. The predicted molar refractivity (Wildman–Crippen MR) is 141 cm³/mol. The summed E-state index contributed by atoms with van der Waals surface area (Å²) in [6, 6.07) is 3.53. The van der Waals surface area contributed by atoms with E-state index in [0.717, 1.165) is 15.1 Å².